The summed E-state index contributed by atoms with van der Waals surface area (Å²) >= 11 is 0. The Balaban J connectivity index is 1.85. The van der Waals surface area contributed by atoms with Crippen molar-refractivity contribution in [2.75, 3.05) is 0 Å². The van der Waals surface area contributed by atoms with E-state index in [0.717, 1.165) is 12.1 Å². The normalized spacial score (nSPS) is 21.5. The number of carbonyl (C=O) groups excluding carboxylic acids is 2. The molecule has 0 bridgehead atoms. The number of rotatable bonds is 1. The molecule has 0 aliphatic carbocycles. The number of halogens is 3. The second-order valence-corrected chi connectivity index (χ2v) is 4.89. The maximum Gasteiger partial charge on any atom is 0.416 e. The lowest BCUT2D eigenvalue weighted by molar-refractivity contribution is -0.137. The van der Waals surface area contributed by atoms with Crippen molar-refractivity contribution < 1.29 is 22.8 Å². The maximum absolute atomic E-state index is 12.6. The summed E-state index contributed by atoms with van der Waals surface area (Å²) in [7, 11) is 0. The van der Waals surface area contributed by atoms with E-state index < -0.39 is 23.7 Å². The Kier molecular flexibility index (Phi) is 2.96. The van der Waals surface area contributed by atoms with Crippen LogP contribution in [0.1, 0.15) is 17.5 Å². The number of amides is 2. The molecular weight excluding hydrogens is 287 g/mol. The van der Waals surface area contributed by atoms with Crippen molar-refractivity contribution in [2.24, 2.45) is 4.99 Å². The summed E-state index contributed by atoms with van der Waals surface area (Å²) in [5.74, 6) is -0.779. The third kappa shape index (κ3) is 2.48. The fourth-order valence-corrected chi connectivity index (χ4v) is 2.37. The predicted molar refractivity (Wildman–Crippen MR) is 66.7 cm³/mol. The zero-order chi connectivity index (χ0) is 15.2. The van der Waals surface area contributed by atoms with E-state index in [-0.39, 0.29) is 24.6 Å². The third-order valence-corrected chi connectivity index (χ3v) is 3.46. The summed E-state index contributed by atoms with van der Waals surface area (Å²) in [6, 6.07) is 2.65. The van der Waals surface area contributed by atoms with E-state index in [9.17, 15) is 22.8 Å². The van der Waals surface area contributed by atoms with Crippen LogP contribution in [0.2, 0.25) is 0 Å². The molecule has 5 nitrogen and oxygen atoms in total. The minimum Gasteiger partial charge on any atom is -0.346 e. The SMILES string of the molecule is O=C1CC(N2C=Nc3cc(C(F)(F)F)ccc3C2)C(=O)N1. The highest BCUT2D eigenvalue weighted by Gasteiger charge is 2.36. The molecule has 1 unspecified atom stereocenters. The van der Waals surface area contributed by atoms with Gasteiger partial charge in [-0.1, -0.05) is 6.07 Å². The van der Waals surface area contributed by atoms with Crippen LogP contribution in [-0.4, -0.2) is 29.1 Å². The van der Waals surface area contributed by atoms with Gasteiger partial charge in [-0.15, -0.1) is 0 Å². The summed E-state index contributed by atoms with van der Waals surface area (Å²) in [6.45, 7) is 0.238. The number of hydrogen-bond donors (Lipinski definition) is 1. The summed E-state index contributed by atoms with van der Waals surface area (Å²) in [6.07, 6.45) is -3.08. The van der Waals surface area contributed by atoms with E-state index in [1.165, 1.54) is 12.4 Å². The third-order valence-electron chi connectivity index (χ3n) is 3.46. The zero-order valence-corrected chi connectivity index (χ0v) is 10.6. The topological polar surface area (TPSA) is 61.8 Å². The molecule has 1 saturated heterocycles. The van der Waals surface area contributed by atoms with Gasteiger partial charge in [0, 0.05) is 6.54 Å². The van der Waals surface area contributed by atoms with Gasteiger partial charge in [0.2, 0.25) is 11.8 Å². The van der Waals surface area contributed by atoms with Crippen LogP contribution in [0.5, 0.6) is 0 Å². The first-order valence-electron chi connectivity index (χ1n) is 6.18. The monoisotopic (exact) mass is 297 g/mol. The minimum atomic E-state index is -4.42. The van der Waals surface area contributed by atoms with Crippen LogP contribution in [0.3, 0.4) is 0 Å². The Morgan fingerprint density at radius 3 is 2.67 bits per heavy atom. The maximum atomic E-state index is 12.6. The summed E-state index contributed by atoms with van der Waals surface area (Å²) in [5, 5.41) is 2.19. The van der Waals surface area contributed by atoms with Gasteiger partial charge in [0.1, 0.15) is 6.04 Å². The van der Waals surface area contributed by atoms with Crippen LogP contribution in [0, 0.1) is 0 Å². The second-order valence-electron chi connectivity index (χ2n) is 4.89. The molecule has 0 aromatic heterocycles. The first kappa shape index (κ1) is 13.6. The number of imide groups is 1. The van der Waals surface area contributed by atoms with Crippen molar-refractivity contribution >= 4 is 23.8 Å². The van der Waals surface area contributed by atoms with Gasteiger partial charge in [0.05, 0.1) is 24.0 Å². The molecule has 1 atom stereocenters. The van der Waals surface area contributed by atoms with Gasteiger partial charge in [0.15, 0.2) is 0 Å². The van der Waals surface area contributed by atoms with Crippen molar-refractivity contribution in [1.82, 2.24) is 10.2 Å². The minimum absolute atomic E-state index is 0.0286. The highest BCUT2D eigenvalue weighted by atomic mass is 19.4. The van der Waals surface area contributed by atoms with E-state index >= 15 is 0 Å². The van der Waals surface area contributed by atoms with Crippen LogP contribution in [0.25, 0.3) is 0 Å². The van der Waals surface area contributed by atoms with Crippen LogP contribution >= 0.6 is 0 Å². The molecular formula is C13H10F3N3O2. The van der Waals surface area contributed by atoms with Gasteiger partial charge in [0.25, 0.3) is 0 Å². The average molecular weight is 297 g/mol. The van der Waals surface area contributed by atoms with Crippen molar-refractivity contribution in [3.63, 3.8) is 0 Å². The van der Waals surface area contributed by atoms with Crippen LogP contribution in [-0.2, 0) is 22.3 Å². The average Bonchev–Trinajstić information content (AvgIpc) is 2.75. The van der Waals surface area contributed by atoms with Gasteiger partial charge in [-0.25, -0.2) is 4.99 Å². The molecule has 1 aromatic rings. The number of nitrogens with zero attached hydrogens (tertiary/aromatic N) is 2. The molecule has 8 heteroatoms. The lowest BCUT2D eigenvalue weighted by Gasteiger charge is -2.28. The van der Waals surface area contributed by atoms with Crippen LogP contribution in [0.15, 0.2) is 23.2 Å². The first-order chi connectivity index (χ1) is 9.84. The number of benzene rings is 1. The highest BCUT2D eigenvalue weighted by molar-refractivity contribution is 6.06. The molecule has 21 heavy (non-hydrogen) atoms. The highest BCUT2D eigenvalue weighted by Crippen LogP contribution is 2.35. The van der Waals surface area contributed by atoms with Gasteiger partial charge in [-0.3, -0.25) is 14.9 Å². The summed E-state index contributed by atoms with van der Waals surface area (Å²) < 4.78 is 37.9. The van der Waals surface area contributed by atoms with Gasteiger partial charge in [-0.2, -0.15) is 13.2 Å². The molecule has 0 spiro atoms. The molecule has 3 rings (SSSR count). The molecule has 2 heterocycles. The quantitative estimate of drug-likeness (QED) is 0.801. The van der Waals surface area contributed by atoms with E-state index in [0.29, 0.717) is 5.56 Å². The Hall–Kier alpha value is -2.38. The van der Waals surface area contributed by atoms with Crippen molar-refractivity contribution in [3.8, 4) is 0 Å². The lowest BCUT2D eigenvalue weighted by Crippen LogP contribution is -2.40. The fraction of sp³-hybridized carbons (Fsp3) is 0.308. The molecule has 0 saturated carbocycles. The van der Waals surface area contributed by atoms with E-state index in [1.807, 2.05) is 0 Å². The van der Waals surface area contributed by atoms with Crippen molar-refractivity contribution in [2.45, 2.75) is 25.2 Å². The van der Waals surface area contributed by atoms with Gasteiger partial charge < -0.3 is 4.90 Å². The fourth-order valence-electron chi connectivity index (χ4n) is 2.37. The molecule has 1 aromatic carbocycles. The predicted octanol–water partition coefficient (Wildman–Crippen LogP) is 1.60. The number of carbonyl (C=O) groups is 2. The molecule has 2 amide bonds. The number of hydrogen-bond acceptors (Lipinski definition) is 4. The molecule has 0 radical (unpaired) electrons. The molecule has 110 valence electrons. The lowest BCUT2D eigenvalue weighted by atomic mass is 10.1. The molecule has 2 aliphatic heterocycles. The number of alkyl halides is 3. The largest absolute Gasteiger partial charge is 0.416 e. The van der Waals surface area contributed by atoms with E-state index in [2.05, 4.69) is 10.3 Å². The Bertz CT molecular complexity index is 655. The first-order valence-corrected chi connectivity index (χ1v) is 6.18. The number of fused-ring (bicyclic) bond motifs is 1. The molecule has 2 aliphatic rings. The van der Waals surface area contributed by atoms with Gasteiger partial charge >= 0.3 is 6.18 Å². The molecule has 1 fully saturated rings. The summed E-state index contributed by atoms with van der Waals surface area (Å²) in [4.78, 5) is 28.3. The Labute approximate surface area is 117 Å². The standard InChI is InChI=1S/C13H10F3N3O2/c14-13(15,16)8-2-1-7-5-19(6-17-9(7)3-8)10-4-11(20)18-12(10)21/h1-3,6,10H,4-5H2,(H,18,20,21). The second kappa shape index (κ2) is 4.57. The van der Waals surface area contributed by atoms with E-state index in [1.54, 1.807) is 4.90 Å². The van der Waals surface area contributed by atoms with Crippen molar-refractivity contribution in [1.29, 1.82) is 0 Å². The van der Waals surface area contributed by atoms with Crippen molar-refractivity contribution in [3.05, 3.63) is 29.3 Å². The zero-order valence-electron chi connectivity index (χ0n) is 10.6. The number of aliphatic imine (C=N–C) groups is 1. The van der Waals surface area contributed by atoms with Crippen LogP contribution < -0.4 is 5.32 Å². The Morgan fingerprint density at radius 1 is 1.29 bits per heavy atom. The Morgan fingerprint density at radius 2 is 2.05 bits per heavy atom. The van der Waals surface area contributed by atoms with Crippen LogP contribution in [0.4, 0.5) is 18.9 Å². The molecule has 1 N–H and O–H groups in total. The summed E-state index contributed by atoms with van der Waals surface area (Å²) in [5.41, 5.74) is 0.0455. The number of nitrogens with one attached hydrogen (secondary N) is 1. The van der Waals surface area contributed by atoms with Gasteiger partial charge in [-0.05, 0) is 17.7 Å². The smallest absolute Gasteiger partial charge is 0.346 e. The van der Waals surface area contributed by atoms with E-state index in [4.69, 9.17) is 0 Å².